The molecule has 0 spiro atoms. The SMILES string of the molecule is COc1cc(I)c(Cl)cc1C(=O)N[C@@H](CCO)C(=O)O. The topological polar surface area (TPSA) is 95.9 Å². The predicted molar refractivity (Wildman–Crippen MR) is 81.3 cm³/mol. The molecule has 0 radical (unpaired) electrons. The smallest absolute Gasteiger partial charge is 0.326 e. The second kappa shape index (κ2) is 7.65. The lowest BCUT2D eigenvalue weighted by Gasteiger charge is -2.15. The van der Waals surface area contributed by atoms with Crippen molar-refractivity contribution in [3.63, 3.8) is 0 Å². The van der Waals surface area contributed by atoms with Crippen molar-refractivity contribution < 1.29 is 24.5 Å². The van der Waals surface area contributed by atoms with Gasteiger partial charge in [-0.3, -0.25) is 4.79 Å². The number of carboxylic acid groups (broad SMARTS) is 1. The van der Waals surface area contributed by atoms with Crippen LogP contribution in [0.3, 0.4) is 0 Å². The van der Waals surface area contributed by atoms with Gasteiger partial charge in [0, 0.05) is 16.6 Å². The number of methoxy groups -OCH3 is 1. The Balaban J connectivity index is 3.02. The number of aliphatic hydroxyl groups is 1. The molecule has 1 aromatic carbocycles. The van der Waals surface area contributed by atoms with Gasteiger partial charge in [0.15, 0.2) is 0 Å². The molecule has 0 heterocycles. The third kappa shape index (κ3) is 4.22. The molecule has 1 amide bonds. The van der Waals surface area contributed by atoms with E-state index in [1.807, 2.05) is 22.6 Å². The molecular formula is C12H13ClINO5. The van der Waals surface area contributed by atoms with Crippen LogP contribution in [-0.4, -0.2) is 41.8 Å². The van der Waals surface area contributed by atoms with Crippen LogP contribution in [0.25, 0.3) is 0 Å². The Labute approximate surface area is 134 Å². The maximum absolute atomic E-state index is 12.1. The normalized spacial score (nSPS) is 11.8. The zero-order chi connectivity index (χ0) is 15.3. The second-order valence-electron chi connectivity index (χ2n) is 3.84. The molecule has 0 saturated carbocycles. The molecule has 1 rings (SSSR count). The lowest BCUT2D eigenvalue weighted by molar-refractivity contribution is -0.139. The fourth-order valence-corrected chi connectivity index (χ4v) is 2.10. The van der Waals surface area contributed by atoms with Crippen LogP contribution in [0.5, 0.6) is 5.75 Å². The van der Waals surface area contributed by atoms with E-state index in [1.54, 1.807) is 6.07 Å². The van der Waals surface area contributed by atoms with Crippen molar-refractivity contribution in [3.8, 4) is 5.75 Å². The lowest BCUT2D eigenvalue weighted by Crippen LogP contribution is -2.41. The van der Waals surface area contributed by atoms with Crippen molar-refractivity contribution in [2.45, 2.75) is 12.5 Å². The van der Waals surface area contributed by atoms with E-state index in [0.717, 1.165) is 0 Å². The molecular weight excluding hydrogens is 400 g/mol. The first kappa shape index (κ1) is 17.0. The van der Waals surface area contributed by atoms with Crippen LogP contribution in [0.15, 0.2) is 12.1 Å². The summed E-state index contributed by atoms with van der Waals surface area (Å²) in [6.07, 6.45) is -0.0819. The number of rotatable bonds is 6. The number of halogens is 2. The molecule has 0 aliphatic rings. The van der Waals surface area contributed by atoms with E-state index in [0.29, 0.717) is 14.3 Å². The standard InChI is InChI=1S/C12H13ClINO5/c1-20-10-5-8(14)7(13)4-6(10)11(17)15-9(2-3-16)12(18)19/h4-5,9,16H,2-3H2,1H3,(H,15,17)(H,18,19)/t9-/m0/s1. The van der Waals surface area contributed by atoms with Gasteiger partial charge in [-0.1, -0.05) is 11.6 Å². The molecule has 3 N–H and O–H groups in total. The Morgan fingerprint density at radius 3 is 2.65 bits per heavy atom. The van der Waals surface area contributed by atoms with Crippen LogP contribution < -0.4 is 10.1 Å². The van der Waals surface area contributed by atoms with Crippen molar-refractivity contribution in [3.05, 3.63) is 26.3 Å². The summed E-state index contributed by atoms with van der Waals surface area (Å²) in [6, 6.07) is 1.82. The summed E-state index contributed by atoms with van der Waals surface area (Å²) in [5, 5.41) is 20.4. The van der Waals surface area contributed by atoms with E-state index < -0.39 is 17.9 Å². The average molecular weight is 414 g/mol. The molecule has 8 heteroatoms. The van der Waals surface area contributed by atoms with Crippen molar-refractivity contribution in [2.24, 2.45) is 0 Å². The Hall–Kier alpha value is -1.06. The summed E-state index contributed by atoms with van der Waals surface area (Å²) >= 11 is 7.94. The number of hydrogen-bond donors (Lipinski definition) is 3. The summed E-state index contributed by atoms with van der Waals surface area (Å²) < 4.78 is 5.79. The number of hydrogen-bond acceptors (Lipinski definition) is 4. The van der Waals surface area contributed by atoms with Gasteiger partial charge in [-0.2, -0.15) is 0 Å². The molecule has 0 aliphatic heterocycles. The number of carbonyl (C=O) groups is 2. The highest BCUT2D eigenvalue weighted by molar-refractivity contribution is 14.1. The number of aliphatic hydroxyl groups excluding tert-OH is 1. The van der Waals surface area contributed by atoms with Crippen molar-refractivity contribution in [1.29, 1.82) is 0 Å². The molecule has 1 atom stereocenters. The lowest BCUT2D eigenvalue weighted by atomic mass is 10.1. The molecule has 0 bridgehead atoms. The van der Waals surface area contributed by atoms with Gasteiger partial charge in [-0.05, 0) is 34.7 Å². The number of ether oxygens (including phenoxy) is 1. The first-order valence-electron chi connectivity index (χ1n) is 5.58. The number of aliphatic carboxylic acids is 1. The fraction of sp³-hybridized carbons (Fsp3) is 0.333. The molecule has 6 nitrogen and oxygen atoms in total. The van der Waals surface area contributed by atoms with Gasteiger partial charge in [0.25, 0.3) is 5.91 Å². The Morgan fingerprint density at radius 2 is 2.15 bits per heavy atom. The van der Waals surface area contributed by atoms with E-state index in [9.17, 15) is 9.59 Å². The second-order valence-corrected chi connectivity index (χ2v) is 5.41. The molecule has 110 valence electrons. The van der Waals surface area contributed by atoms with Gasteiger partial charge >= 0.3 is 5.97 Å². The van der Waals surface area contributed by atoms with Crippen LogP contribution in [-0.2, 0) is 4.79 Å². The highest BCUT2D eigenvalue weighted by Crippen LogP contribution is 2.28. The molecule has 0 aliphatic carbocycles. The van der Waals surface area contributed by atoms with Gasteiger partial charge in [0.2, 0.25) is 0 Å². The Bertz CT molecular complexity index is 523. The average Bonchev–Trinajstić information content (AvgIpc) is 2.40. The van der Waals surface area contributed by atoms with Crippen LogP contribution >= 0.6 is 34.2 Å². The monoisotopic (exact) mass is 413 g/mol. The summed E-state index contributed by atoms with van der Waals surface area (Å²) in [7, 11) is 1.40. The van der Waals surface area contributed by atoms with Crippen molar-refractivity contribution in [2.75, 3.05) is 13.7 Å². The number of carboxylic acids is 1. The predicted octanol–water partition coefficient (Wildman–Crippen LogP) is 1.52. The van der Waals surface area contributed by atoms with Gasteiger partial charge in [0.1, 0.15) is 11.8 Å². The van der Waals surface area contributed by atoms with Gasteiger partial charge in [0.05, 0.1) is 17.7 Å². The number of amides is 1. The van der Waals surface area contributed by atoms with E-state index in [2.05, 4.69) is 5.32 Å². The van der Waals surface area contributed by atoms with E-state index in [-0.39, 0.29) is 18.6 Å². The summed E-state index contributed by atoms with van der Waals surface area (Å²) in [5.41, 5.74) is 0.141. The van der Waals surface area contributed by atoms with Gasteiger partial charge < -0.3 is 20.3 Å². The third-order valence-electron chi connectivity index (χ3n) is 2.51. The molecule has 0 fully saturated rings. The minimum atomic E-state index is -1.22. The summed E-state index contributed by atoms with van der Waals surface area (Å²) in [5.74, 6) is -1.55. The van der Waals surface area contributed by atoms with Crippen LogP contribution in [0.4, 0.5) is 0 Å². The van der Waals surface area contributed by atoms with Crippen LogP contribution in [0, 0.1) is 3.57 Å². The number of benzene rings is 1. The Morgan fingerprint density at radius 1 is 1.50 bits per heavy atom. The zero-order valence-corrected chi connectivity index (χ0v) is 13.4. The maximum Gasteiger partial charge on any atom is 0.326 e. The molecule has 0 unspecified atom stereocenters. The third-order valence-corrected chi connectivity index (χ3v) is 4.03. The van der Waals surface area contributed by atoms with Gasteiger partial charge in [-0.15, -0.1) is 0 Å². The zero-order valence-electron chi connectivity index (χ0n) is 10.5. The molecule has 0 aromatic heterocycles. The van der Waals surface area contributed by atoms with Crippen molar-refractivity contribution >= 4 is 46.1 Å². The first-order valence-corrected chi connectivity index (χ1v) is 7.04. The van der Waals surface area contributed by atoms with Crippen LogP contribution in [0.1, 0.15) is 16.8 Å². The van der Waals surface area contributed by atoms with Crippen molar-refractivity contribution in [1.82, 2.24) is 5.32 Å². The minimum Gasteiger partial charge on any atom is -0.496 e. The highest BCUT2D eigenvalue weighted by atomic mass is 127. The summed E-state index contributed by atoms with van der Waals surface area (Å²) in [4.78, 5) is 23.0. The largest absolute Gasteiger partial charge is 0.496 e. The number of carbonyl (C=O) groups excluding carboxylic acids is 1. The first-order chi connectivity index (χ1) is 9.40. The minimum absolute atomic E-state index is 0.0819. The maximum atomic E-state index is 12.1. The Kier molecular flexibility index (Phi) is 6.50. The highest BCUT2D eigenvalue weighted by Gasteiger charge is 2.22. The van der Waals surface area contributed by atoms with Gasteiger partial charge in [-0.25, -0.2) is 4.79 Å². The van der Waals surface area contributed by atoms with E-state index in [4.69, 9.17) is 26.6 Å². The summed E-state index contributed by atoms with van der Waals surface area (Å²) in [6.45, 7) is -0.345. The number of nitrogens with one attached hydrogen (secondary N) is 1. The molecule has 20 heavy (non-hydrogen) atoms. The molecule has 0 saturated heterocycles. The fourth-order valence-electron chi connectivity index (χ4n) is 1.50. The quantitative estimate of drug-likeness (QED) is 0.615. The van der Waals surface area contributed by atoms with E-state index >= 15 is 0 Å². The molecule has 1 aromatic rings. The van der Waals surface area contributed by atoms with E-state index in [1.165, 1.54) is 13.2 Å². The van der Waals surface area contributed by atoms with Crippen LogP contribution in [0.2, 0.25) is 5.02 Å².